The van der Waals surface area contributed by atoms with Gasteiger partial charge in [0.05, 0.1) is 6.04 Å². The lowest BCUT2D eigenvalue weighted by Gasteiger charge is -2.06. The summed E-state index contributed by atoms with van der Waals surface area (Å²) in [5.41, 5.74) is 8.04. The fourth-order valence-electron chi connectivity index (χ4n) is 2.08. The molecule has 0 saturated heterocycles. The van der Waals surface area contributed by atoms with Crippen LogP contribution in [0.2, 0.25) is 0 Å². The van der Waals surface area contributed by atoms with Crippen LogP contribution in [0.4, 0.5) is 5.82 Å². The molecule has 0 saturated carbocycles. The number of pyridine rings is 1. The van der Waals surface area contributed by atoms with Gasteiger partial charge in [0.1, 0.15) is 11.5 Å². The number of amides is 1. The standard InChI is InChI=1S/C18H16N4O/c1-12(19)18(23)22-17-4-2-3-15(21-17)8-6-13-5-7-14-9-10-20-16(14)11-13/h2-5,7,9-12,20H,19H2,1H3,(H,21,22,23). The Hall–Kier alpha value is -3.10. The molecule has 0 fully saturated rings. The Morgan fingerprint density at radius 1 is 1.26 bits per heavy atom. The van der Waals surface area contributed by atoms with Gasteiger partial charge in [-0.1, -0.05) is 18.1 Å². The molecule has 114 valence electrons. The first-order valence-corrected chi connectivity index (χ1v) is 7.24. The molecule has 0 aliphatic heterocycles. The Morgan fingerprint density at radius 2 is 2.13 bits per heavy atom. The third kappa shape index (κ3) is 3.57. The van der Waals surface area contributed by atoms with E-state index in [0.717, 1.165) is 16.5 Å². The molecule has 0 radical (unpaired) electrons. The number of nitrogens with two attached hydrogens (primary N) is 1. The van der Waals surface area contributed by atoms with Crippen LogP contribution in [0.15, 0.2) is 48.7 Å². The second kappa shape index (κ2) is 6.34. The number of carbonyl (C=O) groups excluding carboxylic acids is 1. The normalized spacial score (nSPS) is 11.6. The SMILES string of the molecule is CC(N)C(=O)Nc1cccc(C#Cc2ccc3cc[nH]c3c2)n1. The number of aromatic amines is 1. The molecule has 0 aliphatic rings. The van der Waals surface area contributed by atoms with Gasteiger partial charge in [-0.3, -0.25) is 4.79 Å². The summed E-state index contributed by atoms with van der Waals surface area (Å²) in [6.07, 6.45) is 1.90. The number of carbonyl (C=O) groups is 1. The fourth-order valence-corrected chi connectivity index (χ4v) is 2.08. The van der Waals surface area contributed by atoms with E-state index < -0.39 is 6.04 Å². The maximum absolute atomic E-state index is 11.6. The van der Waals surface area contributed by atoms with Crippen LogP contribution in [-0.2, 0) is 4.79 Å². The van der Waals surface area contributed by atoms with Gasteiger partial charge < -0.3 is 16.0 Å². The lowest BCUT2D eigenvalue weighted by Crippen LogP contribution is -2.32. The number of hydrogen-bond acceptors (Lipinski definition) is 3. The second-order valence-corrected chi connectivity index (χ2v) is 5.22. The molecule has 0 bridgehead atoms. The second-order valence-electron chi connectivity index (χ2n) is 5.22. The van der Waals surface area contributed by atoms with Crippen molar-refractivity contribution in [1.29, 1.82) is 0 Å². The highest BCUT2D eigenvalue weighted by atomic mass is 16.2. The van der Waals surface area contributed by atoms with Crippen LogP contribution < -0.4 is 11.1 Å². The van der Waals surface area contributed by atoms with E-state index in [-0.39, 0.29) is 5.91 Å². The average molecular weight is 304 g/mol. The van der Waals surface area contributed by atoms with Gasteiger partial charge in [0.25, 0.3) is 0 Å². The molecular formula is C18H16N4O. The zero-order chi connectivity index (χ0) is 16.2. The monoisotopic (exact) mass is 304 g/mol. The molecule has 2 aromatic heterocycles. The Bertz CT molecular complexity index is 915. The first kappa shape index (κ1) is 14.8. The Labute approximate surface area is 133 Å². The number of benzene rings is 1. The van der Waals surface area contributed by atoms with Crippen molar-refractivity contribution < 1.29 is 4.79 Å². The number of nitrogens with one attached hydrogen (secondary N) is 2. The molecule has 1 atom stereocenters. The topological polar surface area (TPSA) is 83.8 Å². The molecule has 5 nitrogen and oxygen atoms in total. The number of fused-ring (bicyclic) bond motifs is 1. The van der Waals surface area contributed by atoms with Crippen molar-refractivity contribution in [3.8, 4) is 11.8 Å². The molecule has 1 unspecified atom stereocenters. The smallest absolute Gasteiger partial charge is 0.242 e. The first-order chi connectivity index (χ1) is 11.1. The van der Waals surface area contributed by atoms with Gasteiger partial charge in [0, 0.05) is 17.3 Å². The van der Waals surface area contributed by atoms with Crippen LogP contribution in [0, 0.1) is 11.8 Å². The predicted octanol–water partition coefficient (Wildman–Crippen LogP) is 2.25. The highest BCUT2D eigenvalue weighted by Gasteiger charge is 2.07. The minimum atomic E-state index is -0.584. The van der Waals surface area contributed by atoms with E-state index in [1.165, 1.54) is 0 Å². The quantitative estimate of drug-likeness (QED) is 0.635. The van der Waals surface area contributed by atoms with E-state index in [9.17, 15) is 4.79 Å². The molecule has 1 amide bonds. The van der Waals surface area contributed by atoms with E-state index in [1.54, 1.807) is 25.1 Å². The molecule has 1 aromatic carbocycles. The Kier molecular flexibility index (Phi) is 4.09. The molecule has 3 aromatic rings. The predicted molar refractivity (Wildman–Crippen MR) is 90.8 cm³/mol. The van der Waals surface area contributed by atoms with Crippen LogP contribution in [0.5, 0.6) is 0 Å². The van der Waals surface area contributed by atoms with Crippen molar-refractivity contribution in [2.75, 3.05) is 5.32 Å². The van der Waals surface area contributed by atoms with Gasteiger partial charge in [0.15, 0.2) is 0 Å². The summed E-state index contributed by atoms with van der Waals surface area (Å²) in [4.78, 5) is 19.0. The van der Waals surface area contributed by atoms with E-state index in [4.69, 9.17) is 5.73 Å². The van der Waals surface area contributed by atoms with Gasteiger partial charge in [-0.05, 0) is 48.6 Å². The molecule has 0 spiro atoms. The molecule has 0 aliphatic carbocycles. The van der Waals surface area contributed by atoms with Crippen molar-refractivity contribution in [1.82, 2.24) is 9.97 Å². The number of nitrogens with zero attached hydrogens (tertiary/aromatic N) is 1. The number of rotatable bonds is 2. The third-order valence-corrected chi connectivity index (χ3v) is 3.30. The zero-order valence-electron chi connectivity index (χ0n) is 12.6. The third-order valence-electron chi connectivity index (χ3n) is 3.30. The summed E-state index contributed by atoms with van der Waals surface area (Å²) < 4.78 is 0. The molecular weight excluding hydrogens is 288 g/mol. The van der Waals surface area contributed by atoms with E-state index in [2.05, 4.69) is 27.1 Å². The van der Waals surface area contributed by atoms with Gasteiger partial charge >= 0.3 is 0 Å². The number of anilines is 1. The maximum atomic E-state index is 11.6. The van der Waals surface area contributed by atoms with Crippen LogP contribution in [-0.4, -0.2) is 21.9 Å². The minimum absolute atomic E-state index is 0.278. The van der Waals surface area contributed by atoms with Crippen molar-refractivity contribution in [2.24, 2.45) is 5.73 Å². The fraction of sp³-hybridized carbons (Fsp3) is 0.111. The maximum Gasteiger partial charge on any atom is 0.242 e. The highest BCUT2D eigenvalue weighted by molar-refractivity contribution is 5.93. The van der Waals surface area contributed by atoms with Crippen molar-refractivity contribution >= 4 is 22.6 Å². The molecule has 3 rings (SSSR count). The zero-order valence-corrected chi connectivity index (χ0v) is 12.6. The van der Waals surface area contributed by atoms with Crippen molar-refractivity contribution in [3.63, 3.8) is 0 Å². The number of aromatic nitrogens is 2. The van der Waals surface area contributed by atoms with Gasteiger partial charge in [0.2, 0.25) is 5.91 Å². The van der Waals surface area contributed by atoms with E-state index in [1.807, 2.05) is 30.5 Å². The van der Waals surface area contributed by atoms with Gasteiger partial charge in [-0.15, -0.1) is 0 Å². The lowest BCUT2D eigenvalue weighted by atomic mass is 10.1. The highest BCUT2D eigenvalue weighted by Crippen LogP contribution is 2.13. The minimum Gasteiger partial charge on any atom is -0.361 e. The summed E-state index contributed by atoms with van der Waals surface area (Å²) in [7, 11) is 0. The Balaban J connectivity index is 1.81. The van der Waals surface area contributed by atoms with E-state index >= 15 is 0 Å². The van der Waals surface area contributed by atoms with E-state index in [0.29, 0.717) is 11.5 Å². The van der Waals surface area contributed by atoms with Crippen molar-refractivity contribution in [3.05, 3.63) is 59.9 Å². The van der Waals surface area contributed by atoms with Crippen LogP contribution in [0.1, 0.15) is 18.2 Å². The van der Waals surface area contributed by atoms with Gasteiger partial charge in [-0.2, -0.15) is 0 Å². The Morgan fingerprint density at radius 3 is 2.96 bits per heavy atom. The largest absolute Gasteiger partial charge is 0.361 e. The summed E-state index contributed by atoms with van der Waals surface area (Å²) in [5, 5.41) is 3.80. The molecule has 5 heteroatoms. The average Bonchev–Trinajstić information content (AvgIpc) is 3.01. The summed E-state index contributed by atoms with van der Waals surface area (Å²) in [6, 6.07) is 12.7. The number of H-pyrrole nitrogens is 1. The molecule has 2 heterocycles. The first-order valence-electron chi connectivity index (χ1n) is 7.24. The summed E-state index contributed by atoms with van der Waals surface area (Å²) >= 11 is 0. The molecule has 4 N–H and O–H groups in total. The molecule has 23 heavy (non-hydrogen) atoms. The number of hydrogen-bond donors (Lipinski definition) is 3. The van der Waals surface area contributed by atoms with Crippen LogP contribution in [0.3, 0.4) is 0 Å². The summed E-state index contributed by atoms with van der Waals surface area (Å²) in [5.74, 6) is 6.24. The van der Waals surface area contributed by atoms with Gasteiger partial charge in [-0.25, -0.2) is 4.98 Å². The van der Waals surface area contributed by atoms with Crippen LogP contribution >= 0.6 is 0 Å². The van der Waals surface area contributed by atoms with Crippen LogP contribution in [0.25, 0.3) is 10.9 Å². The lowest BCUT2D eigenvalue weighted by molar-refractivity contribution is -0.117. The van der Waals surface area contributed by atoms with Crippen molar-refractivity contribution in [2.45, 2.75) is 13.0 Å². The summed E-state index contributed by atoms with van der Waals surface area (Å²) in [6.45, 7) is 1.62.